The van der Waals surface area contributed by atoms with Gasteiger partial charge >= 0.3 is 6.18 Å². The molecule has 1 atom stereocenters. The van der Waals surface area contributed by atoms with Gasteiger partial charge in [-0.25, -0.2) is 8.42 Å². The van der Waals surface area contributed by atoms with E-state index < -0.39 is 26.9 Å². The summed E-state index contributed by atoms with van der Waals surface area (Å²) >= 11 is 5.90. The summed E-state index contributed by atoms with van der Waals surface area (Å²) in [5, 5.41) is -0.136. The number of fused-ring (bicyclic) bond motifs is 1. The number of hydrogen-bond donors (Lipinski definition) is 0. The van der Waals surface area contributed by atoms with E-state index >= 15 is 0 Å². The number of alkyl halides is 3. The minimum absolute atomic E-state index is 0.108. The molecular formula is C15H9Cl2F3O3S. The summed E-state index contributed by atoms with van der Waals surface area (Å²) in [6, 6.07) is 7.55. The highest BCUT2D eigenvalue weighted by Crippen LogP contribution is 2.45. The molecule has 3 rings (SSSR count). The van der Waals surface area contributed by atoms with Gasteiger partial charge in [0.25, 0.3) is 9.05 Å². The van der Waals surface area contributed by atoms with Gasteiger partial charge in [-0.3, -0.25) is 0 Å². The third kappa shape index (κ3) is 3.34. The van der Waals surface area contributed by atoms with Crippen molar-refractivity contribution in [1.82, 2.24) is 0 Å². The quantitative estimate of drug-likeness (QED) is 0.673. The minimum atomic E-state index is -4.51. The minimum Gasteiger partial charge on any atom is -0.484 e. The number of ether oxygens (including phenoxy) is 1. The zero-order valence-electron chi connectivity index (χ0n) is 11.8. The van der Waals surface area contributed by atoms with Gasteiger partial charge in [0.2, 0.25) is 0 Å². The van der Waals surface area contributed by atoms with Crippen LogP contribution in [-0.2, 0) is 21.6 Å². The molecule has 0 aliphatic carbocycles. The number of hydrogen-bond acceptors (Lipinski definition) is 3. The number of benzene rings is 2. The highest BCUT2D eigenvalue weighted by molar-refractivity contribution is 8.13. The van der Waals surface area contributed by atoms with Crippen LogP contribution in [0, 0.1) is 0 Å². The predicted octanol–water partition coefficient (Wildman–Crippen LogP) is 4.96. The van der Waals surface area contributed by atoms with Gasteiger partial charge in [0.15, 0.2) is 0 Å². The molecule has 3 nitrogen and oxygen atoms in total. The van der Waals surface area contributed by atoms with Crippen LogP contribution in [-0.4, -0.2) is 8.42 Å². The molecule has 0 aromatic heterocycles. The molecule has 128 valence electrons. The number of halogens is 5. The lowest BCUT2D eigenvalue weighted by atomic mass is 10.0. The second kappa shape index (κ2) is 5.82. The first-order valence-corrected chi connectivity index (χ1v) is 9.35. The Hall–Kier alpha value is -1.44. The molecule has 2 aromatic rings. The lowest BCUT2D eigenvalue weighted by molar-refractivity contribution is -0.137. The van der Waals surface area contributed by atoms with Gasteiger partial charge in [0.1, 0.15) is 11.9 Å². The van der Waals surface area contributed by atoms with E-state index in [0.29, 0.717) is 11.1 Å². The fourth-order valence-corrected chi connectivity index (χ4v) is 3.62. The molecule has 0 spiro atoms. The second-order valence-electron chi connectivity index (χ2n) is 5.27. The summed E-state index contributed by atoms with van der Waals surface area (Å²) in [4.78, 5) is -0.108. The zero-order valence-corrected chi connectivity index (χ0v) is 14.1. The van der Waals surface area contributed by atoms with Crippen LogP contribution in [0.4, 0.5) is 13.2 Å². The summed E-state index contributed by atoms with van der Waals surface area (Å²) in [6.45, 7) is 0. The van der Waals surface area contributed by atoms with Crippen molar-refractivity contribution in [2.45, 2.75) is 23.6 Å². The highest BCUT2D eigenvalue weighted by atomic mass is 35.7. The van der Waals surface area contributed by atoms with Gasteiger partial charge in [0, 0.05) is 22.7 Å². The molecule has 1 heterocycles. The molecule has 2 aromatic carbocycles. The van der Waals surface area contributed by atoms with Gasteiger partial charge in [-0.05, 0) is 29.8 Å². The first kappa shape index (κ1) is 17.4. The van der Waals surface area contributed by atoms with Gasteiger partial charge < -0.3 is 4.74 Å². The maximum absolute atomic E-state index is 12.9. The van der Waals surface area contributed by atoms with Crippen LogP contribution in [0.1, 0.15) is 22.8 Å². The smallest absolute Gasteiger partial charge is 0.416 e. The van der Waals surface area contributed by atoms with Crippen LogP contribution >= 0.6 is 22.3 Å². The third-order valence-electron chi connectivity index (χ3n) is 3.62. The highest BCUT2D eigenvalue weighted by Gasteiger charge is 2.35. The molecule has 0 saturated heterocycles. The van der Waals surface area contributed by atoms with Crippen molar-refractivity contribution in [3.63, 3.8) is 0 Å². The van der Waals surface area contributed by atoms with Crippen molar-refractivity contribution < 1.29 is 26.3 Å². The molecule has 0 saturated carbocycles. The van der Waals surface area contributed by atoms with E-state index in [9.17, 15) is 21.6 Å². The summed E-state index contributed by atoms with van der Waals surface area (Å²) in [5.41, 5.74) is -0.0518. The Morgan fingerprint density at radius 3 is 2.50 bits per heavy atom. The lowest BCUT2D eigenvalue weighted by Gasteiger charge is -2.12. The molecule has 0 fully saturated rings. The van der Waals surface area contributed by atoms with E-state index in [1.54, 1.807) is 6.07 Å². The van der Waals surface area contributed by atoms with Gasteiger partial charge in [-0.15, -0.1) is 0 Å². The molecule has 0 amide bonds. The van der Waals surface area contributed by atoms with E-state index in [4.69, 9.17) is 27.0 Å². The summed E-state index contributed by atoms with van der Waals surface area (Å²) in [7, 11) is 1.39. The van der Waals surface area contributed by atoms with Crippen LogP contribution in [0.25, 0.3) is 0 Å². The molecule has 1 aliphatic rings. The molecule has 24 heavy (non-hydrogen) atoms. The Morgan fingerprint density at radius 1 is 1.17 bits per heavy atom. The Bertz CT molecular complexity index is 911. The average Bonchev–Trinajstić information content (AvgIpc) is 2.90. The van der Waals surface area contributed by atoms with Crippen LogP contribution in [0.5, 0.6) is 5.75 Å². The monoisotopic (exact) mass is 396 g/mol. The Morgan fingerprint density at radius 2 is 1.88 bits per heavy atom. The van der Waals surface area contributed by atoms with Gasteiger partial charge in [-0.2, -0.15) is 13.2 Å². The molecule has 0 N–H and O–H groups in total. The van der Waals surface area contributed by atoms with Crippen LogP contribution in [0.2, 0.25) is 5.02 Å². The summed E-state index contributed by atoms with van der Waals surface area (Å²) in [5.74, 6) is 0.175. The topological polar surface area (TPSA) is 43.4 Å². The standard InChI is InChI=1S/C15H9Cl2F3O3S/c16-12-7-10(15(18,19)20)4-9-6-13(23-14(9)12)8-2-1-3-11(5-8)24(17,21)22/h1-5,7,13H,6H2. The SMILES string of the molecule is O=S(=O)(Cl)c1cccc(C2Cc3cc(C(F)(F)F)cc(Cl)c3O2)c1. The Balaban J connectivity index is 1.96. The van der Waals surface area contributed by atoms with Crippen molar-refractivity contribution in [3.8, 4) is 5.75 Å². The first-order valence-electron chi connectivity index (χ1n) is 6.66. The van der Waals surface area contributed by atoms with Crippen molar-refractivity contribution in [3.05, 3.63) is 58.1 Å². The van der Waals surface area contributed by atoms with Crippen LogP contribution in [0.3, 0.4) is 0 Å². The molecule has 1 aliphatic heterocycles. The van der Waals surface area contributed by atoms with Crippen molar-refractivity contribution >= 4 is 31.3 Å². The predicted molar refractivity (Wildman–Crippen MR) is 83.0 cm³/mol. The normalized spacial score (nSPS) is 17.5. The molecule has 0 radical (unpaired) electrons. The van der Waals surface area contributed by atoms with E-state index in [-0.39, 0.29) is 22.1 Å². The first-order chi connectivity index (χ1) is 11.1. The average molecular weight is 397 g/mol. The van der Waals surface area contributed by atoms with Crippen LogP contribution < -0.4 is 4.74 Å². The van der Waals surface area contributed by atoms with Crippen molar-refractivity contribution in [1.29, 1.82) is 0 Å². The zero-order chi connectivity index (χ0) is 17.7. The third-order valence-corrected chi connectivity index (χ3v) is 5.26. The van der Waals surface area contributed by atoms with Crippen LogP contribution in [0.15, 0.2) is 41.3 Å². The molecule has 1 unspecified atom stereocenters. The number of rotatable bonds is 2. The summed E-state index contributed by atoms with van der Waals surface area (Å²) in [6.07, 6.45) is -5.01. The van der Waals surface area contributed by atoms with E-state index in [0.717, 1.165) is 12.1 Å². The molecular weight excluding hydrogens is 388 g/mol. The Kier molecular flexibility index (Phi) is 4.22. The molecule has 9 heteroatoms. The van der Waals surface area contributed by atoms with Crippen molar-refractivity contribution in [2.24, 2.45) is 0 Å². The molecule has 0 bridgehead atoms. The van der Waals surface area contributed by atoms with E-state index in [1.165, 1.54) is 18.2 Å². The lowest BCUT2D eigenvalue weighted by Crippen LogP contribution is -2.05. The maximum atomic E-state index is 12.9. The second-order valence-corrected chi connectivity index (χ2v) is 8.24. The largest absolute Gasteiger partial charge is 0.484 e. The van der Waals surface area contributed by atoms with E-state index in [1.807, 2.05) is 0 Å². The summed E-state index contributed by atoms with van der Waals surface area (Å²) < 4.78 is 67.0. The fourth-order valence-electron chi connectivity index (χ4n) is 2.53. The maximum Gasteiger partial charge on any atom is 0.416 e. The van der Waals surface area contributed by atoms with Gasteiger partial charge in [0.05, 0.1) is 15.5 Å². The Labute approximate surface area is 145 Å². The van der Waals surface area contributed by atoms with Gasteiger partial charge in [-0.1, -0.05) is 23.7 Å². The van der Waals surface area contributed by atoms with Crippen molar-refractivity contribution in [2.75, 3.05) is 0 Å². The van der Waals surface area contributed by atoms with E-state index in [2.05, 4.69) is 0 Å². The fraction of sp³-hybridized carbons (Fsp3) is 0.200.